The van der Waals surface area contributed by atoms with Crippen molar-refractivity contribution >= 4 is 33.2 Å². The molecule has 2 aromatic carbocycles. The van der Waals surface area contributed by atoms with Crippen LogP contribution < -0.4 is 4.74 Å². The number of hydrogen-bond donors (Lipinski definition) is 0. The molecule has 0 unspecified atom stereocenters. The maximum atomic E-state index is 5.98. The zero-order chi connectivity index (χ0) is 13.2. The Morgan fingerprint density at radius 2 is 1.95 bits per heavy atom. The van der Waals surface area contributed by atoms with Gasteiger partial charge in [-0.1, -0.05) is 11.6 Å². The normalized spacial score (nSPS) is 10.8. The number of rotatable bonds is 3. The Balaban J connectivity index is 1.99. The van der Waals surface area contributed by atoms with Gasteiger partial charge in [0.15, 0.2) is 0 Å². The Morgan fingerprint density at radius 1 is 1.16 bits per heavy atom. The van der Waals surface area contributed by atoms with Crippen molar-refractivity contribution in [1.82, 2.24) is 4.98 Å². The number of nitrogens with zero attached hydrogens (tertiary/aromatic N) is 1. The van der Waals surface area contributed by atoms with Gasteiger partial charge in [-0.2, -0.15) is 0 Å². The van der Waals surface area contributed by atoms with Gasteiger partial charge in [-0.05, 0) is 49.4 Å². The molecule has 1 heterocycles. The van der Waals surface area contributed by atoms with Gasteiger partial charge in [-0.25, -0.2) is 4.98 Å². The van der Waals surface area contributed by atoms with E-state index in [0.29, 0.717) is 6.61 Å². The van der Waals surface area contributed by atoms with Gasteiger partial charge < -0.3 is 4.74 Å². The van der Waals surface area contributed by atoms with E-state index in [-0.39, 0.29) is 0 Å². The molecule has 0 amide bonds. The van der Waals surface area contributed by atoms with E-state index < -0.39 is 0 Å². The molecule has 0 aliphatic heterocycles. The summed E-state index contributed by atoms with van der Waals surface area (Å²) in [6.45, 7) is 2.66. The molecule has 0 atom stereocenters. The Kier molecular flexibility index (Phi) is 3.40. The third kappa shape index (κ3) is 2.57. The first-order valence-corrected chi connectivity index (χ1v) is 7.25. The Morgan fingerprint density at radius 3 is 2.68 bits per heavy atom. The molecule has 0 spiro atoms. The Bertz CT molecular complexity index is 706. The molecule has 1 aromatic heterocycles. The van der Waals surface area contributed by atoms with Crippen LogP contribution in [0.4, 0.5) is 0 Å². The lowest BCUT2D eigenvalue weighted by Gasteiger charge is -2.02. The van der Waals surface area contributed by atoms with Crippen LogP contribution in [0.2, 0.25) is 5.02 Å². The van der Waals surface area contributed by atoms with Crippen LogP contribution in [-0.2, 0) is 0 Å². The molecule has 0 N–H and O–H groups in total. The monoisotopic (exact) mass is 289 g/mol. The van der Waals surface area contributed by atoms with Crippen LogP contribution in [0.1, 0.15) is 6.92 Å². The molecule has 19 heavy (non-hydrogen) atoms. The van der Waals surface area contributed by atoms with E-state index in [0.717, 1.165) is 31.6 Å². The van der Waals surface area contributed by atoms with Crippen LogP contribution in [0.3, 0.4) is 0 Å². The minimum Gasteiger partial charge on any atom is -0.494 e. The molecule has 0 saturated heterocycles. The third-order valence-corrected chi connectivity index (χ3v) is 4.08. The third-order valence-electron chi connectivity index (χ3n) is 2.76. The van der Waals surface area contributed by atoms with E-state index >= 15 is 0 Å². The summed E-state index contributed by atoms with van der Waals surface area (Å²) in [5.74, 6) is 0.885. The van der Waals surface area contributed by atoms with Crippen molar-refractivity contribution in [2.75, 3.05) is 6.61 Å². The number of benzene rings is 2. The van der Waals surface area contributed by atoms with Crippen LogP contribution in [-0.4, -0.2) is 11.6 Å². The smallest absolute Gasteiger partial charge is 0.124 e. The average Bonchev–Trinajstić information content (AvgIpc) is 2.83. The lowest BCUT2D eigenvalue weighted by atomic mass is 10.2. The number of fused-ring (bicyclic) bond motifs is 1. The van der Waals surface area contributed by atoms with E-state index in [1.165, 1.54) is 0 Å². The summed E-state index contributed by atoms with van der Waals surface area (Å²) in [5.41, 5.74) is 2.04. The molecule has 0 saturated carbocycles. The maximum absolute atomic E-state index is 5.98. The molecule has 0 aliphatic rings. The highest BCUT2D eigenvalue weighted by Crippen LogP contribution is 2.32. The summed E-state index contributed by atoms with van der Waals surface area (Å²) in [4.78, 5) is 4.61. The van der Waals surface area contributed by atoms with Crippen molar-refractivity contribution in [1.29, 1.82) is 0 Å². The molecule has 0 aliphatic carbocycles. The van der Waals surface area contributed by atoms with Crippen molar-refractivity contribution in [3.63, 3.8) is 0 Å². The molecule has 0 radical (unpaired) electrons. The molecule has 4 heteroatoms. The molecule has 2 nitrogen and oxygen atoms in total. The summed E-state index contributed by atoms with van der Waals surface area (Å²) in [6.07, 6.45) is 0. The van der Waals surface area contributed by atoms with Gasteiger partial charge in [-0.3, -0.25) is 0 Å². The predicted octanol–water partition coefficient (Wildman–Crippen LogP) is 5.02. The largest absolute Gasteiger partial charge is 0.494 e. The minimum atomic E-state index is 0.680. The average molecular weight is 290 g/mol. The first-order valence-electron chi connectivity index (χ1n) is 6.05. The fraction of sp³-hybridized carbons (Fsp3) is 0.133. The van der Waals surface area contributed by atoms with Gasteiger partial charge in [0.2, 0.25) is 0 Å². The topological polar surface area (TPSA) is 22.1 Å². The van der Waals surface area contributed by atoms with Crippen LogP contribution in [0, 0.1) is 0 Å². The second-order valence-electron chi connectivity index (χ2n) is 4.09. The lowest BCUT2D eigenvalue weighted by Crippen LogP contribution is -1.90. The van der Waals surface area contributed by atoms with E-state index in [1.54, 1.807) is 11.3 Å². The summed E-state index contributed by atoms with van der Waals surface area (Å²) in [5, 5.41) is 1.72. The minimum absolute atomic E-state index is 0.680. The molecule has 3 rings (SSSR count). The van der Waals surface area contributed by atoms with E-state index in [9.17, 15) is 0 Å². The quantitative estimate of drug-likeness (QED) is 0.676. The lowest BCUT2D eigenvalue weighted by molar-refractivity contribution is 0.340. The maximum Gasteiger partial charge on any atom is 0.124 e. The van der Waals surface area contributed by atoms with E-state index in [2.05, 4.69) is 4.98 Å². The van der Waals surface area contributed by atoms with Gasteiger partial charge in [0.25, 0.3) is 0 Å². The standard InChI is InChI=1S/C15H12ClNOS/c1-2-18-12-6-3-10(4-7-12)15-17-13-9-11(16)5-8-14(13)19-15/h3-9H,2H2,1H3. The Labute approximate surface area is 120 Å². The molecule has 0 fully saturated rings. The molecule has 96 valence electrons. The summed E-state index contributed by atoms with van der Waals surface area (Å²) < 4.78 is 6.58. The van der Waals surface area contributed by atoms with Crippen LogP contribution in [0.5, 0.6) is 5.75 Å². The summed E-state index contributed by atoms with van der Waals surface area (Å²) >= 11 is 7.65. The fourth-order valence-corrected chi connectivity index (χ4v) is 3.00. The predicted molar refractivity (Wildman–Crippen MR) is 81.2 cm³/mol. The van der Waals surface area contributed by atoms with Crippen LogP contribution in [0.15, 0.2) is 42.5 Å². The van der Waals surface area contributed by atoms with Gasteiger partial charge in [0, 0.05) is 10.6 Å². The fourth-order valence-electron chi connectivity index (χ4n) is 1.88. The zero-order valence-corrected chi connectivity index (χ0v) is 12.0. The van der Waals surface area contributed by atoms with Crippen molar-refractivity contribution in [2.24, 2.45) is 0 Å². The number of thiazole rings is 1. The van der Waals surface area contributed by atoms with Crippen molar-refractivity contribution < 1.29 is 4.74 Å². The van der Waals surface area contributed by atoms with Crippen molar-refractivity contribution in [3.8, 4) is 16.3 Å². The van der Waals surface area contributed by atoms with Gasteiger partial charge in [0.1, 0.15) is 10.8 Å². The molecular formula is C15H12ClNOS. The SMILES string of the molecule is CCOc1ccc(-c2nc3cc(Cl)ccc3s2)cc1. The number of aromatic nitrogens is 1. The first kappa shape index (κ1) is 12.5. The highest BCUT2D eigenvalue weighted by atomic mass is 35.5. The van der Waals surface area contributed by atoms with Crippen LogP contribution >= 0.6 is 22.9 Å². The van der Waals surface area contributed by atoms with Crippen LogP contribution in [0.25, 0.3) is 20.8 Å². The van der Waals surface area contributed by atoms with Gasteiger partial charge >= 0.3 is 0 Å². The second kappa shape index (κ2) is 5.19. The number of hydrogen-bond acceptors (Lipinski definition) is 3. The van der Waals surface area contributed by atoms with Crippen molar-refractivity contribution in [2.45, 2.75) is 6.92 Å². The first-order chi connectivity index (χ1) is 9.26. The van der Waals surface area contributed by atoms with Gasteiger partial charge in [0.05, 0.1) is 16.8 Å². The number of halogens is 1. The van der Waals surface area contributed by atoms with Gasteiger partial charge in [-0.15, -0.1) is 11.3 Å². The summed E-state index contributed by atoms with van der Waals surface area (Å²) in [7, 11) is 0. The molecule has 3 aromatic rings. The molecule has 0 bridgehead atoms. The van der Waals surface area contributed by atoms with Crippen molar-refractivity contribution in [3.05, 3.63) is 47.5 Å². The Hall–Kier alpha value is -1.58. The van der Waals surface area contributed by atoms with E-state index in [1.807, 2.05) is 49.4 Å². The highest BCUT2D eigenvalue weighted by molar-refractivity contribution is 7.21. The van der Waals surface area contributed by atoms with E-state index in [4.69, 9.17) is 16.3 Å². The zero-order valence-electron chi connectivity index (χ0n) is 10.4. The highest BCUT2D eigenvalue weighted by Gasteiger charge is 2.06. The molecular weight excluding hydrogens is 278 g/mol. The summed E-state index contributed by atoms with van der Waals surface area (Å²) in [6, 6.07) is 13.8. The second-order valence-corrected chi connectivity index (χ2v) is 5.56. The number of ether oxygens (including phenoxy) is 1.